The normalized spacial score (nSPS) is 20.4. The molecule has 0 aliphatic heterocycles. The first-order valence-corrected chi connectivity index (χ1v) is 7.35. The van der Waals surface area contributed by atoms with E-state index >= 15 is 0 Å². The zero-order chi connectivity index (χ0) is 11.6. The third-order valence-electron chi connectivity index (χ3n) is 3.47. The average molecular weight is 304 g/mol. The van der Waals surface area contributed by atoms with Crippen molar-refractivity contribution < 1.29 is 4.74 Å². The van der Waals surface area contributed by atoms with Gasteiger partial charge in [-0.05, 0) is 53.6 Å². The summed E-state index contributed by atoms with van der Waals surface area (Å²) < 4.78 is 6.81. The molecule has 0 amide bonds. The fraction of sp³-hybridized carbons (Fsp3) is 0.667. The van der Waals surface area contributed by atoms with Crippen LogP contribution in [0.1, 0.15) is 37.1 Å². The Labute approximate surface area is 110 Å². The van der Waals surface area contributed by atoms with Crippen LogP contribution in [-0.2, 0) is 4.74 Å². The van der Waals surface area contributed by atoms with Gasteiger partial charge in [-0.1, -0.05) is 0 Å². The Balaban J connectivity index is 1.88. The molecule has 1 saturated carbocycles. The van der Waals surface area contributed by atoms with E-state index < -0.39 is 0 Å². The molecule has 0 bridgehead atoms. The van der Waals surface area contributed by atoms with Crippen LogP contribution < -0.4 is 5.32 Å². The van der Waals surface area contributed by atoms with Gasteiger partial charge in [-0.25, -0.2) is 0 Å². The molecule has 1 aliphatic carbocycles. The highest BCUT2D eigenvalue weighted by Gasteiger charge is 2.36. The molecule has 2 nitrogen and oxygen atoms in total. The van der Waals surface area contributed by atoms with E-state index in [2.05, 4.69) is 39.6 Å². The molecular formula is C12H18BrNOS. The summed E-state index contributed by atoms with van der Waals surface area (Å²) in [6, 6.07) is 2.50. The summed E-state index contributed by atoms with van der Waals surface area (Å²) in [5.41, 5.74) is 0.109. The topological polar surface area (TPSA) is 21.3 Å². The van der Waals surface area contributed by atoms with Gasteiger partial charge in [-0.3, -0.25) is 0 Å². The standard InChI is InChI=1S/C12H18BrNOS/c1-9(11-10(13)4-7-16-11)14-8-12(15-2)5-3-6-12/h4,7,9,14H,3,5-6,8H2,1-2H3. The lowest BCUT2D eigenvalue weighted by Gasteiger charge is -2.41. The number of ether oxygens (including phenoxy) is 1. The molecule has 1 unspecified atom stereocenters. The van der Waals surface area contributed by atoms with Gasteiger partial charge in [0.1, 0.15) is 0 Å². The Bertz CT molecular complexity index is 343. The van der Waals surface area contributed by atoms with Crippen LogP contribution in [0.2, 0.25) is 0 Å². The lowest BCUT2D eigenvalue weighted by molar-refractivity contribution is -0.0706. The van der Waals surface area contributed by atoms with E-state index in [1.165, 1.54) is 28.6 Å². The van der Waals surface area contributed by atoms with Crippen LogP contribution in [-0.4, -0.2) is 19.3 Å². The molecule has 1 N–H and O–H groups in total. The smallest absolute Gasteiger partial charge is 0.0802 e. The molecule has 0 spiro atoms. The molecule has 1 aliphatic rings. The average Bonchev–Trinajstić information content (AvgIpc) is 2.63. The number of thiophene rings is 1. The van der Waals surface area contributed by atoms with Crippen LogP contribution in [0.15, 0.2) is 15.9 Å². The van der Waals surface area contributed by atoms with Crippen molar-refractivity contribution in [3.63, 3.8) is 0 Å². The molecule has 90 valence electrons. The van der Waals surface area contributed by atoms with Crippen molar-refractivity contribution in [3.05, 3.63) is 20.8 Å². The molecule has 0 aromatic carbocycles. The summed E-state index contributed by atoms with van der Waals surface area (Å²) >= 11 is 5.37. The van der Waals surface area contributed by atoms with E-state index in [9.17, 15) is 0 Å². The first-order valence-electron chi connectivity index (χ1n) is 5.68. The molecule has 1 atom stereocenters. The second-order valence-electron chi connectivity index (χ2n) is 4.48. The van der Waals surface area contributed by atoms with E-state index in [1.54, 1.807) is 11.3 Å². The van der Waals surface area contributed by atoms with E-state index in [4.69, 9.17) is 4.74 Å². The quantitative estimate of drug-likeness (QED) is 0.895. The molecule has 1 fully saturated rings. The van der Waals surface area contributed by atoms with Crippen LogP contribution in [0.5, 0.6) is 0 Å². The first-order chi connectivity index (χ1) is 7.67. The van der Waals surface area contributed by atoms with Gasteiger partial charge in [0, 0.05) is 29.0 Å². The maximum atomic E-state index is 5.60. The monoisotopic (exact) mass is 303 g/mol. The molecule has 16 heavy (non-hydrogen) atoms. The Morgan fingerprint density at radius 3 is 2.81 bits per heavy atom. The second kappa shape index (κ2) is 5.17. The van der Waals surface area contributed by atoms with Gasteiger partial charge in [0.15, 0.2) is 0 Å². The Hall–Kier alpha value is 0.100. The number of nitrogens with one attached hydrogen (secondary N) is 1. The Kier molecular flexibility index (Phi) is 4.06. The summed E-state index contributed by atoms with van der Waals surface area (Å²) in [4.78, 5) is 1.37. The van der Waals surface area contributed by atoms with Gasteiger partial charge >= 0.3 is 0 Å². The van der Waals surface area contributed by atoms with E-state index in [0.717, 1.165) is 6.54 Å². The lowest BCUT2D eigenvalue weighted by atomic mass is 9.80. The highest BCUT2D eigenvalue weighted by molar-refractivity contribution is 9.10. The predicted octanol–water partition coefficient (Wildman–Crippen LogP) is 3.73. The lowest BCUT2D eigenvalue weighted by Crippen LogP contribution is -2.48. The fourth-order valence-corrected chi connectivity index (χ4v) is 3.82. The number of hydrogen-bond acceptors (Lipinski definition) is 3. The van der Waals surface area contributed by atoms with Crippen LogP contribution in [0, 0.1) is 0 Å². The van der Waals surface area contributed by atoms with Crippen molar-refractivity contribution in [1.82, 2.24) is 5.32 Å². The highest BCUT2D eigenvalue weighted by Crippen LogP contribution is 2.35. The van der Waals surface area contributed by atoms with Gasteiger partial charge < -0.3 is 10.1 Å². The van der Waals surface area contributed by atoms with Crippen molar-refractivity contribution >= 4 is 27.3 Å². The zero-order valence-electron chi connectivity index (χ0n) is 9.75. The Morgan fingerprint density at radius 1 is 1.62 bits per heavy atom. The minimum absolute atomic E-state index is 0.109. The van der Waals surface area contributed by atoms with Gasteiger partial charge in [0.25, 0.3) is 0 Å². The van der Waals surface area contributed by atoms with Crippen molar-refractivity contribution in [3.8, 4) is 0 Å². The molecule has 0 radical (unpaired) electrons. The van der Waals surface area contributed by atoms with Gasteiger partial charge in [0.2, 0.25) is 0 Å². The summed E-state index contributed by atoms with van der Waals surface area (Å²) in [5, 5.41) is 5.69. The molecule has 0 saturated heterocycles. The molecule has 1 aromatic heterocycles. The van der Waals surface area contributed by atoms with E-state index in [0.29, 0.717) is 6.04 Å². The third-order valence-corrected chi connectivity index (χ3v) is 5.52. The fourth-order valence-electron chi connectivity index (χ4n) is 2.07. The third kappa shape index (κ3) is 2.50. The van der Waals surface area contributed by atoms with Gasteiger partial charge in [0.05, 0.1) is 5.60 Å². The van der Waals surface area contributed by atoms with Crippen LogP contribution in [0.25, 0.3) is 0 Å². The SMILES string of the molecule is COC1(CNC(C)c2sccc2Br)CCC1. The van der Waals surface area contributed by atoms with Gasteiger partial charge in [-0.2, -0.15) is 0 Å². The van der Waals surface area contributed by atoms with E-state index in [1.807, 2.05) is 7.11 Å². The molecular weight excluding hydrogens is 286 g/mol. The number of methoxy groups -OCH3 is 1. The minimum Gasteiger partial charge on any atom is -0.377 e. The van der Waals surface area contributed by atoms with Crippen LogP contribution in [0.3, 0.4) is 0 Å². The molecule has 1 aromatic rings. The van der Waals surface area contributed by atoms with Crippen LogP contribution >= 0.6 is 27.3 Å². The summed E-state index contributed by atoms with van der Waals surface area (Å²) in [6.07, 6.45) is 3.68. The van der Waals surface area contributed by atoms with Crippen molar-refractivity contribution in [1.29, 1.82) is 0 Å². The molecule has 4 heteroatoms. The second-order valence-corrected chi connectivity index (χ2v) is 6.28. The zero-order valence-corrected chi connectivity index (χ0v) is 12.2. The number of hydrogen-bond donors (Lipinski definition) is 1. The van der Waals surface area contributed by atoms with Crippen LogP contribution in [0.4, 0.5) is 0 Å². The first kappa shape index (κ1) is 12.6. The van der Waals surface area contributed by atoms with Crippen molar-refractivity contribution in [2.75, 3.05) is 13.7 Å². The maximum absolute atomic E-state index is 5.60. The van der Waals surface area contributed by atoms with E-state index in [-0.39, 0.29) is 5.60 Å². The number of halogens is 1. The Morgan fingerprint density at radius 2 is 2.38 bits per heavy atom. The summed E-state index contributed by atoms with van der Waals surface area (Å²) in [6.45, 7) is 3.16. The maximum Gasteiger partial charge on any atom is 0.0802 e. The summed E-state index contributed by atoms with van der Waals surface area (Å²) in [5.74, 6) is 0. The van der Waals surface area contributed by atoms with Gasteiger partial charge in [-0.15, -0.1) is 11.3 Å². The van der Waals surface area contributed by atoms with Crippen molar-refractivity contribution in [2.45, 2.75) is 37.8 Å². The number of rotatable bonds is 5. The largest absolute Gasteiger partial charge is 0.377 e. The highest BCUT2D eigenvalue weighted by atomic mass is 79.9. The van der Waals surface area contributed by atoms with Crippen molar-refractivity contribution in [2.24, 2.45) is 0 Å². The predicted molar refractivity (Wildman–Crippen MR) is 72.0 cm³/mol. The summed E-state index contributed by atoms with van der Waals surface area (Å²) in [7, 11) is 1.83. The molecule has 2 rings (SSSR count). The molecule has 1 heterocycles. The minimum atomic E-state index is 0.109.